The number of carbonyl (C=O) groups is 1. The number of halogens is 4. The zero-order valence-electron chi connectivity index (χ0n) is 12.0. The number of hydrogen-bond donors (Lipinski definition) is 1. The predicted octanol–water partition coefficient (Wildman–Crippen LogP) is 3.69. The summed E-state index contributed by atoms with van der Waals surface area (Å²) < 4.78 is 38.8. The van der Waals surface area contributed by atoms with Gasteiger partial charge in [0.1, 0.15) is 5.75 Å². The van der Waals surface area contributed by atoms with Gasteiger partial charge in [-0.2, -0.15) is 13.2 Å². The van der Waals surface area contributed by atoms with Gasteiger partial charge in [0, 0.05) is 23.4 Å². The van der Waals surface area contributed by atoms with Crippen molar-refractivity contribution < 1.29 is 23.1 Å². The second-order valence-corrected chi connectivity index (χ2v) is 6.05. The van der Waals surface area contributed by atoms with Gasteiger partial charge in [0.05, 0.1) is 5.56 Å². The normalized spacial score (nSPS) is 11.7. The Morgan fingerprint density at radius 1 is 1.39 bits per heavy atom. The van der Waals surface area contributed by atoms with E-state index in [-0.39, 0.29) is 33.0 Å². The minimum Gasteiger partial charge on any atom is -0.507 e. The molecular formula is C13H11ClF3N3O2S. The summed E-state index contributed by atoms with van der Waals surface area (Å²) in [6, 6.07) is 2.77. The lowest BCUT2D eigenvalue weighted by Gasteiger charge is -2.09. The second kappa shape index (κ2) is 6.40. The molecule has 0 bridgehead atoms. The number of aromatic nitrogens is 3. The van der Waals surface area contributed by atoms with Crippen molar-refractivity contribution in [3.05, 3.63) is 34.1 Å². The van der Waals surface area contributed by atoms with E-state index in [1.165, 1.54) is 26.1 Å². The van der Waals surface area contributed by atoms with Gasteiger partial charge in [0.15, 0.2) is 10.9 Å². The van der Waals surface area contributed by atoms with E-state index in [1.54, 1.807) is 0 Å². The maximum Gasteiger partial charge on any atom is 0.451 e. The second-order valence-electron chi connectivity index (χ2n) is 4.67. The van der Waals surface area contributed by atoms with Crippen molar-refractivity contribution in [2.45, 2.75) is 24.0 Å². The molecule has 1 aromatic heterocycles. The van der Waals surface area contributed by atoms with Crippen molar-refractivity contribution >= 4 is 29.1 Å². The number of Topliss-reactive ketones (excluding diaryl/α,β-unsaturated/α-hetero) is 1. The SMILES string of the molecule is CC(=O)c1cc(Cl)cc(CSc2nnc(C(F)(F)F)n2C)c1O. The monoisotopic (exact) mass is 365 g/mol. The number of thioether (sulfide) groups is 1. The molecule has 1 heterocycles. The smallest absolute Gasteiger partial charge is 0.451 e. The first kappa shape index (κ1) is 17.6. The molecule has 0 aliphatic heterocycles. The van der Waals surface area contributed by atoms with E-state index in [2.05, 4.69) is 10.2 Å². The molecule has 0 unspecified atom stereocenters. The van der Waals surface area contributed by atoms with Gasteiger partial charge in [-0.1, -0.05) is 23.4 Å². The predicted molar refractivity (Wildman–Crippen MR) is 78.7 cm³/mol. The number of alkyl halides is 3. The minimum absolute atomic E-state index is 0.0288. The van der Waals surface area contributed by atoms with Crippen LogP contribution in [0.4, 0.5) is 13.2 Å². The molecule has 2 rings (SSSR count). The molecule has 0 amide bonds. The van der Waals surface area contributed by atoms with Crippen LogP contribution in [0.5, 0.6) is 5.75 Å². The average Bonchev–Trinajstić information content (AvgIpc) is 2.80. The Bertz CT molecular complexity index is 762. The summed E-state index contributed by atoms with van der Waals surface area (Å²) in [6.07, 6.45) is -4.60. The number of nitrogens with zero attached hydrogens (tertiary/aromatic N) is 3. The molecule has 23 heavy (non-hydrogen) atoms. The Morgan fingerprint density at radius 3 is 2.57 bits per heavy atom. The van der Waals surface area contributed by atoms with Crippen molar-refractivity contribution in [2.75, 3.05) is 0 Å². The van der Waals surface area contributed by atoms with Crippen LogP contribution in [0, 0.1) is 0 Å². The van der Waals surface area contributed by atoms with Gasteiger partial charge < -0.3 is 9.67 Å². The van der Waals surface area contributed by atoms with E-state index < -0.39 is 12.0 Å². The van der Waals surface area contributed by atoms with Crippen LogP contribution in [0.1, 0.15) is 28.7 Å². The third kappa shape index (κ3) is 3.78. The summed E-state index contributed by atoms with van der Waals surface area (Å²) in [7, 11) is 1.20. The Balaban J connectivity index is 2.26. The molecule has 1 N–H and O–H groups in total. The molecule has 2 aromatic rings. The molecule has 0 saturated heterocycles. The van der Waals surface area contributed by atoms with Crippen LogP contribution in [0.15, 0.2) is 17.3 Å². The summed E-state index contributed by atoms with van der Waals surface area (Å²) in [5, 5.41) is 16.9. The molecule has 0 spiro atoms. The lowest BCUT2D eigenvalue weighted by Crippen LogP contribution is -2.12. The van der Waals surface area contributed by atoms with E-state index in [0.29, 0.717) is 5.56 Å². The molecular weight excluding hydrogens is 355 g/mol. The number of phenols is 1. The largest absolute Gasteiger partial charge is 0.507 e. The Morgan fingerprint density at radius 2 is 2.04 bits per heavy atom. The molecule has 0 radical (unpaired) electrons. The molecule has 5 nitrogen and oxygen atoms in total. The lowest BCUT2D eigenvalue weighted by molar-refractivity contribution is -0.147. The van der Waals surface area contributed by atoms with Gasteiger partial charge in [-0.25, -0.2) is 0 Å². The van der Waals surface area contributed by atoms with Gasteiger partial charge in [-0.3, -0.25) is 4.79 Å². The topological polar surface area (TPSA) is 68.0 Å². The van der Waals surface area contributed by atoms with Gasteiger partial charge >= 0.3 is 6.18 Å². The average molecular weight is 366 g/mol. The Hall–Kier alpha value is -1.74. The van der Waals surface area contributed by atoms with Crippen molar-refractivity contribution in [1.29, 1.82) is 0 Å². The summed E-state index contributed by atoms with van der Waals surface area (Å²) in [6.45, 7) is 1.28. The number of carbonyl (C=O) groups excluding carboxylic acids is 1. The van der Waals surface area contributed by atoms with Crippen LogP contribution in [-0.2, 0) is 19.0 Å². The van der Waals surface area contributed by atoms with E-state index >= 15 is 0 Å². The fourth-order valence-electron chi connectivity index (χ4n) is 1.86. The third-order valence-electron chi connectivity index (χ3n) is 2.98. The van der Waals surface area contributed by atoms with Crippen LogP contribution in [0.3, 0.4) is 0 Å². The van der Waals surface area contributed by atoms with Crippen LogP contribution >= 0.6 is 23.4 Å². The summed E-state index contributed by atoms with van der Waals surface area (Å²) >= 11 is 6.83. The first-order valence-electron chi connectivity index (χ1n) is 6.23. The Labute approximate surface area is 138 Å². The highest BCUT2D eigenvalue weighted by Gasteiger charge is 2.37. The molecule has 0 atom stereocenters. The third-order valence-corrected chi connectivity index (χ3v) is 4.27. The highest BCUT2D eigenvalue weighted by atomic mass is 35.5. The lowest BCUT2D eigenvalue weighted by atomic mass is 10.1. The van der Waals surface area contributed by atoms with Gasteiger partial charge in [0.2, 0.25) is 5.82 Å². The first-order valence-corrected chi connectivity index (χ1v) is 7.59. The standard InChI is InChI=1S/C13H11ClF3N3O2S/c1-6(21)9-4-8(14)3-7(10(9)22)5-23-12-19-18-11(20(12)2)13(15,16)17/h3-4,22H,5H2,1-2H3. The van der Waals surface area contributed by atoms with E-state index in [1.807, 2.05) is 0 Å². The van der Waals surface area contributed by atoms with E-state index in [9.17, 15) is 23.1 Å². The van der Waals surface area contributed by atoms with E-state index in [0.717, 1.165) is 16.3 Å². The Kier molecular flexibility index (Phi) is 4.90. The quantitative estimate of drug-likeness (QED) is 0.661. The number of hydrogen-bond acceptors (Lipinski definition) is 5. The maximum atomic E-state index is 12.7. The number of phenolic OH excluding ortho intramolecular Hbond substituents is 1. The van der Waals surface area contributed by atoms with Crippen molar-refractivity contribution in [3.63, 3.8) is 0 Å². The first-order chi connectivity index (χ1) is 10.6. The molecule has 0 aliphatic carbocycles. The number of aromatic hydroxyl groups is 1. The fourth-order valence-corrected chi connectivity index (χ4v) is 2.99. The fraction of sp³-hybridized carbons (Fsp3) is 0.308. The highest BCUT2D eigenvalue weighted by molar-refractivity contribution is 7.98. The van der Waals surface area contributed by atoms with Crippen molar-refractivity contribution in [1.82, 2.24) is 14.8 Å². The number of rotatable bonds is 4. The van der Waals surface area contributed by atoms with Gasteiger partial charge in [-0.15, -0.1) is 10.2 Å². The minimum atomic E-state index is -4.60. The van der Waals surface area contributed by atoms with Crippen LogP contribution in [-0.4, -0.2) is 25.7 Å². The molecule has 10 heteroatoms. The number of benzene rings is 1. The summed E-state index contributed by atoms with van der Waals surface area (Å²) in [5.74, 6) is -1.64. The molecule has 1 aromatic carbocycles. The van der Waals surface area contributed by atoms with Crippen molar-refractivity contribution in [2.24, 2.45) is 7.05 Å². The zero-order chi connectivity index (χ0) is 17.4. The number of ketones is 1. The van der Waals surface area contributed by atoms with Crippen LogP contribution in [0.25, 0.3) is 0 Å². The van der Waals surface area contributed by atoms with Crippen LogP contribution < -0.4 is 0 Å². The van der Waals surface area contributed by atoms with Gasteiger partial charge in [0.25, 0.3) is 0 Å². The zero-order valence-corrected chi connectivity index (χ0v) is 13.6. The summed E-state index contributed by atoms with van der Waals surface area (Å²) in [5.41, 5.74) is 0.381. The van der Waals surface area contributed by atoms with Crippen LogP contribution in [0.2, 0.25) is 5.02 Å². The molecule has 124 valence electrons. The molecule has 0 aliphatic rings. The highest BCUT2D eigenvalue weighted by Crippen LogP contribution is 2.34. The van der Waals surface area contributed by atoms with Gasteiger partial charge in [-0.05, 0) is 19.1 Å². The summed E-state index contributed by atoms with van der Waals surface area (Å²) in [4.78, 5) is 11.4. The van der Waals surface area contributed by atoms with Crippen molar-refractivity contribution in [3.8, 4) is 5.75 Å². The van der Waals surface area contributed by atoms with E-state index in [4.69, 9.17) is 11.6 Å². The molecule has 0 saturated carbocycles. The molecule has 0 fully saturated rings. The maximum absolute atomic E-state index is 12.7.